The first-order chi connectivity index (χ1) is 8.80. The van der Waals surface area contributed by atoms with E-state index in [2.05, 4.69) is 5.10 Å². The highest BCUT2D eigenvalue weighted by Crippen LogP contribution is 2.35. The van der Waals surface area contributed by atoms with Gasteiger partial charge in [-0.05, 0) is 25.5 Å². The molecule has 0 spiro atoms. The highest BCUT2D eigenvalue weighted by atomic mass is 19.4. The molecule has 102 valence electrons. The zero-order valence-electron chi connectivity index (χ0n) is 10.6. The zero-order chi connectivity index (χ0) is 14.2. The summed E-state index contributed by atoms with van der Waals surface area (Å²) in [5, 5.41) is 4.13. The number of benzene rings is 1. The fourth-order valence-electron chi connectivity index (χ4n) is 2.10. The number of rotatable bonds is 2. The molecular formula is C13H14F3N3. The maximum absolute atomic E-state index is 13.0. The molecule has 1 aromatic heterocycles. The van der Waals surface area contributed by atoms with Crippen molar-refractivity contribution in [3.05, 3.63) is 47.2 Å². The van der Waals surface area contributed by atoms with Crippen LogP contribution in [0.4, 0.5) is 19.0 Å². The Hall–Kier alpha value is -1.98. The van der Waals surface area contributed by atoms with Gasteiger partial charge < -0.3 is 5.73 Å². The molecule has 0 bridgehead atoms. The normalized spacial score (nSPS) is 13.5. The maximum atomic E-state index is 13.0. The van der Waals surface area contributed by atoms with Crippen LogP contribution in [0.3, 0.4) is 0 Å². The van der Waals surface area contributed by atoms with Crippen molar-refractivity contribution in [1.82, 2.24) is 9.78 Å². The molecule has 2 aromatic rings. The molecule has 1 atom stereocenters. The third kappa shape index (κ3) is 2.57. The topological polar surface area (TPSA) is 43.8 Å². The Bertz CT molecular complexity index is 587. The number of nitrogens with two attached hydrogens (primary N) is 1. The fourth-order valence-corrected chi connectivity index (χ4v) is 2.10. The number of nitrogens with zero attached hydrogens (tertiary/aromatic N) is 2. The summed E-state index contributed by atoms with van der Waals surface area (Å²) in [4.78, 5) is 0. The van der Waals surface area contributed by atoms with Crippen LogP contribution in [0.1, 0.15) is 29.8 Å². The Kier molecular flexibility index (Phi) is 3.26. The van der Waals surface area contributed by atoms with Gasteiger partial charge in [0.05, 0.1) is 17.3 Å². The Morgan fingerprint density at radius 2 is 1.89 bits per heavy atom. The van der Waals surface area contributed by atoms with Crippen LogP contribution in [0, 0.1) is 6.92 Å². The molecule has 19 heavy (non-hydrogen) atoms. The largest absolute Gasteiger partial charge is 0.416 e. The number of hydrogen-bond acceptors (Lipinski definition) is 2. The first-order valence-corrected chi connectivity index (χ1v) is 5.78. The van der Waals surface area contributed by atoms with Gasteiger partial charge in [0.15, 0.2) is 0 Å². The second kappa shape index (κ2) is 4.60. The van der Waals surface area contributed by atoms with E-state index in [1.807, 2.05) is 0 Å². The SMILES string of the molecule is Cc1cc(N)n(C(C)c2ccccc2C(F)(F)F)n1. The van der Waals surface area contributed by atoms with Gasteiger partial charge in [0.1, 0.15) is 5.82 Å². The summed E-state index contributed by atoms with van der Waals surface area (Å²) >= 11 is 0. The minimum absolute atomic E-state index is 0.157. The number of aromatic nitrogens is 2. The number of aryl methyl sites for hydroxylation is 1. The first-order valence-electron chi connectivity index (χ1n) is 5.78. The Labute approximate surface area is 108 Å². The average Bonchev–Trinajstić information content (AvgIpc) is 2.66. The molecule has 1 heterocycles. The van der Waals surface area contributed by atoms with Crippen LogP contribution < -0.4 is 5.73 Å². The molecule has 0 saturated heterocycles. The zero-order valence-corrected chi connectivity index (χ0v) is 10.6. The molecule has 0 radical (unpaired) electrons. The second-order valence-corrected chi connectivity index (χ2v) is 4.42. The van der Waals surface area contributed by atoms with E-state index in [0.29, 0.717) is 11.5 Å². The quantitative estimate of drug-likeness (QED) is 0.908. The number of alkyl halides is 3. The molecule has 0 aliphatic carbocycles. The second-order valence-electron chi connectivity index (χ2n) is 4.42. The van der Waals surface area contributed by atoms with Gasteiger partial charge in [0.2, 0.25) is 0 Å². The van der Waals surface area contributed by atoms with Crippen LogP contribution >= 0.6 is 0 Å². The third-order valence-corrected chi connectivity index (χ3v) is 2.97. The van der Waals surface area contributed by atoms with Gasteiger partial charge in [-0.3, -0.25) is 0 Å². The molecule has 2 N–H and O–H groups in total. The monoisotopic (exact) mass is 269 g/mol. The number of hydrogen-bond donors (Lipinski definition) is 1. The number of halogens is 3. The number of nitrogen functional groups attached to an aromatic ring is 1. The fraction of sp³-hybridized carbons (Fsp3) is 0.308. The highest BCUT2D eigenvalue weighted by Gasteiger charge is 2.34. The summed E-state index contributed by atoms with van der Waals surface area (Å²) in [6.07, 6.45) is -4.39. The van der Waals surface area contributed by atoms with Crippen molar-refractivity contribution in [2.24, 2.45) is 0 Å². The molecule has 0 fully saturated rings. The summed E-state index contributed by atoms with van der Waals surface area (Å²) in [6, 6.07) is 6.52. The van der Waals surface area contributed by atoms with Crippen LogP contribution in [0.2, 0.25) is 0 Å². The molecule has 0 amide bonds. The average molecular weight is 269 g/mol. The van der Waals surface area contributed by atoms with Gasteiger partial charge in [-0.25, -0.2) is 4.68 Å². The van der Waals surface area contributed by atoms with E-state index in [4.69, 9.17) is 5.73 Å². The molecule has 0 saturated carbocycles. The van der Waals surface area contributed by atoms with E-state index < -0.39 is 17.8 Å². The molecule has 3 nitrogen and oxygen atoms in total. The van der Waals surface area contributed by atoms with Crippen molar-refractivity contribution >= 4 is 5.82 Å². The predicted molar refractivity (Wildman–Crippen MR) is 66.6 cm³/mol. The highest BCUT2D eigenvalue weighted by molar-refractivity contribution is 5.37. The van der Waals surface area contributed by atoms with E-state index in [-0.39, 0.29) is 5.56 Å². The molecular weight excluding hydrogens is 255 g/mol. The van der Waals surface area contributed by atoms with Crippen molar-refractivity contribution in [3.63, 3.8) is 0 Å². The van der Waals surface area contributed by atoms with E-state index in [1.165, 1.54) is 16.8 Å². The van der Waals surface area contributed by atoms with Crippen LogP contribution in [-0.4, -0.2) is 9.78 Å². The van der Waals surface area contributed by atoms with Gasteiger partial charge >= 0.3 is 6.18 Å². The third-order valence-electron chi connectivity index (χ3n) is 2.97. The lowest BCUT2D eigenvalue weighted by Gasteiger charge is -2.19. The minimum atomic E-state index is -4.39. The van der Waals surface area contributed by atoms with Gasteiger partial charge in [0, 0.05) is 6.07 Å². The Morgan fingerprint density at radius 1 is 1.26 bits per heavy atom. The first kappa shape index (κ1) is 13.5. The Balaban J connectivity index is 2.50. The predicted octanol–water partition coefficient (Wildman–Crippen LogP) is 3.40. The number of anilines is 1. The van der Waals surface area contributed by atoms with Crippen LogP contribution in [-0.2, 0) is 6.18 Å². The van der Waals surface area contributed by atoms with E-state index in [9.17, 15) is 13.2 Å². The lowest BCUT2D eigenvalue weighted by Crippen LogP contribution is -2.17. The summed E-state index contributed by atoms with van der Waals surface area (Å²) in [5.41, 5.74) is 5.93. The van der Waals surface area contributed by atoms with Gasteiger partial charge in [-0.2, -0.15) is 18.3 Å². The van der Waals surface area contributed by atoms with E-state index >= 15 is 0 Å². The van der Waals surface area contributed by atoms with Gasteiger partial charge in [-0.15, -0.1) is 0 Å². The maximum Gasteiger partial charge on any atom is 0.416 e. The van der Waals surface area contributed by atoms with Crippen molar-refractivity contribution in [2.75, 3.05) is 5.73 Å². The summed E-state index contributed by atoms with van der Waals surface area (Å²) in [5.74, 6) is 0.349. The van der Waals surface area contributed by atoms with Crippen molar-refractivity contribution in [1.29, 1.82) is 0 Å². The summed E-state index contributed by atoms with van der Waals surface area (Å²) < 4.78 is 40.3. The molecule has 0 aliphatic heterocycles. The lowest BCUT2D eigenvalue weighted by atomic mass is 10.0. The Morgan fingerprint density at radius 3 is 2.42 bits per heavy atom. The van der Waals surface area contributed by atoms with E-state index in [1.54, 1.807) is 26.0 Å². The smallest absolute Gasteiger partial charge is 0.384 e. The summed E-state index contributed by atoms with van der Waals surface area (Å²) in [7, 11) is 0. The minimum Gasteiger partial charge on any atom is -0.384 e. The van der Waals surface area contributed by atoms with Crippen molar-refractivity contribution in [2.45, 2.75) is 26.1 Å². The van der Waals surface area contributed by atoms with Gasteiger partial charge in [-0.1, -0.05) is 18.2 Å². The lowest BCUT2D eigenvalue weighted by molar-refractivity contribution is -0.138. The van der Waals surface area contributed by atoms with Crippen molar-refractivity contribution in [3.8, 4) is 0 Å². The summed E-state index contributed by atoms with van der Waals surface area (Å²) in [6.45, 7) is 3.39. The standard InChI is InChI=1S/C13H14F3N3/c1-8-7-12(17)19(18-8)9(2)10-5-3-4-6-11(10)13(14,15)16/h3-7,9H,17H2,1-2H3. The van der Waals surface area contributed by atoms with Crippen LogP contribution in [0.15, 0.2) is 30.3 Å². The van der Waals surface area contributed by atoms with Crippen LogP contribution in [0.5, 0.6) is 0 Å². The molecule has 0 aliphatic rings. The molecule has 2 rings (SSSR count). The van der Waals surface area contributed by atoms with E-state index in [0.717, 1.165) is 6.07 Å². The van der Waals surface area contributed by atoms with Crippen molar-refractivity contribution < 1.29 is 13.2 Å². The molecule has 6 heteroatoms. The molecule has 1 aromatic carbocycles. The molecule has 1 unspecified atom stereocenters. The van der Waals surface area contributed by atoms with Crippen LogP contribution in [0.25, 0.3) is 0 Å². The van der Waals surface area contributed by atoms with Gasteiger partial charge in [0.25, 0.3) is 0 Å².